The van der Waals surface area contributed by atoms with Crippen LogP contribution in [0.1, 0.15) is 11.1 Å². The highest BCUT2D eigenvalue weighted by Crippen LogP contribution is 2.15. The summed E-state index contributed by atoms with van der Waals surface area (Å²) in [5.74, 6) is 2.13. The lowest BCUT2D eigenvalue weighted by Gasteiger charge is -2.02. The molecule has 0 aliphatic rings. The van der Waals surface area contributed by atoms with Crippen molar-refractivity contribution in [2.45, 2.75) is 12.7 Å². The fraction of sp³-hybridized carbons (Fsp3) is 0.273. The zero-order chi connectivity index (χ0) is 8.81. The molecule has 0 N–H and O–H groups in total. The highest BCUT2D eigenvalue weighted by atomic mass is 32.2. The Balaban J connectivity index is 2.51. The number of rotatable bonds is 4. The van der Waals surface area contributed by atoms with Crippen LogP contribution in [0, 0.1) is 6.92 Å². The van der Waals surface area contributed by atoms with Gasteiger partial charge in [0.05, 0.1) is 0 Å². The molecule has 0 bridgehead atoms. The van der Waals surface area contributed by atoms with Gasteiger partial charge in [-0.25, -0.2) is 0 Å². The van der Waals surface area contributed by atoms with Crippen molar-refractivity contribution in [2.24, 2.45) is 0 Å². The maximum absolute atomic E-state index is 3.69. The monoisotopic (exact) mass is 178 g/mol. The third-order valence-electron chi connectivity index (χ3n) is 1.75. The SMILES string of the molecule is C=CCSCc1ccccc1C. The molecule has 1 heteroatoms. The lowest BCUT2D eigenvalue weighted by molar-refractivity contribution is 1.31. The van der Waals surface area contributed by atoms with Gasteiger partial charge in [-0.2, -0.15) is 11.8 Å². The zero-order valence-electron chi connectivity index (χ0n) is 7.42. The van der Waals surface area contributed by atoms with E-state index in [1.165, 1.54) is 11.1 Å². The maximum atomic E-state index is 3.69. The summed E-state index contributed by atoms with van der Waals surface area (Å²) < 4.78 is 0. The largest absolute Gasteiger partial charge is 0.153 e. The molecule has 0 heterocycles. The van der Waals surface area contributed by atoms with E-state index in [0.717, 1.165) is 11.5 Å². The van der Waals surface area contributed by atoms with E-state index in [2.05, 4.69) is 37.8 Å². The smallest absolute Gasteiger partial charge is 0.0190 e. The van der Waals surface area contributed by atoms with Gasteiger partial charge in [-0.1, -0.05) is 30.3 Å². The van der Waals surface area contributed by atoms with E-state index in [-0.39, 0.29) is 0 Å². The fourth-order valence-corrected chi connectivity index (χ4v) is 1.85. The molecule has 0 aliphatic heterocycles. The van der Waals surface area contributed by atoms with Gasteiger partial charge in [-0.05, 0) is 18.1 Å². The van der Waals surface area contributed by atoms with Crippen LogP contribution in [0.15, 0.2) is 36.9 Å². The number of thioether (sulfide) groups is 1. The number of benzene rings is 1. The number of hydrogen-bond acceptors (Lipinski definition) is 1. The molecule has 64 valence electrons. The Kier molecular flexibility index (Phi) is 3.95. The average Bonchev–Trinajstić information content (AvgIpc) is 2.09. The third kappa shape index (κ3) is 2.74. The van der Waals surface area contributed by atoms with Crippen LogP contribution in [0.25, 0.3) is 0 Å². The van der Waals surface area contributed by atoms with Crippen molar-refractivity contribution in [3.63, 3.8) is 0 Å². The fourth-order valence-electron chi connectivity index (χ4n) is 1.02. The Labute approximate surface area is 78.7 Å². The van der Waals surface area contributed by atoms with Crippen molar-refractivity contribution in [1.29, 1.82) is 0 Å². The molecule has 0 radical (unpaired) electrons. The molecule has 0 saturated heterocycles. The van der Waals surface area contributed by atoms with Gasteiger partial charge in [0.25, 0.3) is 0 Å². The van der Waals surface area contributed by atoms with Crippen LogP contribution in [0.2, 0.25) is 0 Å². The summed E-state index contributed by atoms with van der Waals surface area (Å²) >= 11 is 1.90. The first-order chi connectivity index (χ1) is 5.84. The molecule has 1 aromatic rings. The Morgan fingerprint density at radius 2 is 2.17 bits per heavy atom. The standard InChI is InChI=1S/C11H14S/c1-3-8-12-9-11-7-5-4-6-10(11)2/h3-7H,1,8-9H2,2H3. The van der Waals surface area contributed by atoms with Crippen LogP contribution >= 0.6 is 11.8 Å². The van der Waals surface area contributed by atoms with Gasteiger partial charge in [-0.3, -0.25) is 0 Å². The summed E-state index contributed by atoms with van der Waals surface area (Å²) in [7, 11) is 0. The highest BCUT2D eigenvalue weighted by Gasteiger charge is 1.94. The quantitative estimate of drug-likeness (QED) is 0.503. The van der Waals surface area contributed by atoms with Crippen LogP contribution in [0.3, 0.4) is 0 Å². The average molecular weight is 178 g/mol. The summed E-state index contributed by atoms with van der Waals surface area (Å²) in [5, 5.41) is 0. The van der Waals surface area contributed by atoms with Crippen molar-refractivity contribution >= 4 is 11.8 Å². The Bertz CT molecular complexity index is 253. The third-order valence-corrected chi connectivity index (χ3v) is 2.74. The molecule has 12 heavy (non-hydrogen) atoms. The van der Waals surface area contributed by atoms with Gasteiger partial charge >= 0.3 is 0 Å². The highest BCUT2D eigenvalue weighted by molar-refractivity contribution is 7.98. The second kappa shape index (κ2) is 5.04. The molecule has 0 fully saturated rings. The van der Waals surface area contributed by atoms with Crippen molar-refractivity contribution in [2.75, 3.05) is 5.75 Å². The maximum Gasteiger partial charge on any atom is 0.0190 e. The van der Waals surface area contributed by atoms with Crippen LogP contribution in [-0.2, 0) is 5.75 Å². The van der Waals surface area contributed by atoms with Crippen molar-refractivity contribution in [3.05, 3.63) is 48.0 Å². The topological polar surface area (TPSA) is 0 Å². The van der Waals surface area contributed by atoms with Crippen molar-refractivity contribution in [1.82, 2.24) is 0 Å². The van der Waals surface area contributed by atoms with E-state index < -0.39 is 0 Å². The Hall–Kier alpha value is -0.690. The predicted octanol–water partition coefficient (Wildman–Crippen LogP) is 3.41. The molecule has 1 rings (SSSR count). The normalized spacial score (nSPS) is 9.75. The Morgan fingerprint density at radius 1 is 1.42 bits per heavy atom. The molecule has 0 nitrogen and oxygen atoms in total. The lowest BCUT2D eigenvalue weighted by atomic mass is 10.1. The van der Waals surface area contributed by atoms with E-state index in [0.29, 0.717) is 0 Å². The van der Waals surface area contributed by atoms with Gasteiger partial charge < -0.3 is 0 Å². The molecular weight excluding hydrogens is 164 g/mol. The first kappa shape index (κ1) is 9.40. The first-order valence-corrected chi connectivity index (χ1v) is 5.23. The summed E-state index contributed by atoms with van der Waals surface area (Å²) in [5.41, 5.74) is 2.82. The molecule has 0 spiro atoms. The van der Waals surface area contributed by atoms with E-state index in [4.69, 9.17) is 0 Å². The van der Waals surface area contributed by atoms with Crippen LogP contribution in [0.4, 0.5) is 0 Å². The van der Waals surface area contributed by atoms with Gasteiger partial charge in [0.15, 0.2) is 0 Å². The zero-order valence-corrected chi connectivity index (χ0v) is 8.23. The second-order valence-electron chi connectivity index (χ2n) is 2.73. The molecule has 0 aliphatic carbocycles. The van der Waals surface area contributed by atoms with Crippen LogP contribution in [0.5, 0.6) is 0 Å². The molecule has 0 saturated carbocycles. The predicted molar refractivity (Wildman–Crippen MR) is 57.5 cm³/mol. The van der Waals surface area contributed by atoms with Crippen LogP contribution < -0.4 is 0 Å². The van der Waals surface area contributed by atoms with Gasteiger partial charge in [0.2, 0.25) is 0 Å². The number of hydrogen-bond donors (Lipinski definition) is 0. The second-order valence-corrected chi connectivity index (χ2v) is 3.76. The van der Waals surface area contributed by atoms with E-state index in [9.17, 15) is 0 Å². The van der Waals surface area contributed by atoms with Crippen molar-refractivity contribution < 1.29 is 0 Å². The van der Waals surface area contributed by atoms with E-state index in [1.807, 2.05) is 17.8 Å². The van der Waals surface area contributed by atoms with E-state index in [1.54, 1.807) is 0 Å². The minimum absolute atomic E-state index is 1.04. The lowest BCUT2D eigenvalue weighted by Crippen LogP contribution is -1.85. The molecule has 0 unspecified atom stereocenters. The molecule has 0 amide bonds. The summed E-state index contributed by atoms with van der Waals surface area (Å²) in [4.78, 5) is 0. The van der Waals surface area contributed by atoms with Crippen molar-refractivity contribution in [3.8, 4) is 0 Å². The molecular formula is C11H14S. The number of aryl methyl sites for hydroxylation is 1. The molecule has 0 aromatic heterocycles. The van der Waals surface area contributed by atoms with Gasteiger partial charge in [0.1, 0.15) is 0 Å². The first-order valence-electron chi connectivity index (χ1n) is 4.07. The molecule has 0 atom stereocenters. The summed E-state index contributed by atoms with van der Waals surface area (Å²) in [6.45, 7) is 5.85. The Morgan fingerprint density at radius 3 is 2.83 bits per heavy atom. The summed E-state index contributed by atoms with van der Waals surface area (Å²) in [6, 6.07) is 8.52. The van der Waals surface area contributed by atoms with Crippen LogP contribution in [-0.4, -0.2) is 5.75 Å². The summed E-state index contributed by atoms with van der Waals surface area (Å²) in [6.07, 6.45) is 1.95. The molecule has 1 aromatic carbocycles. The minimum atomic E-state index is 1.04. The minimum Gasteiger partial charge on any atom is -0.153 e. The van der Waals surface area contributed by atoms with Gasteiger partial charge in [-0.15, -0.1) is 6.58 Å². The van der Waals surface area contributed by atoms with Gasteiger partial charge in [0, 0.05) is 11.5 Å². The van der Waals surface area contributed by atoms with E-state index >= 15 is 0 Å².